The van der Waals surface area contributed by atoms with Crippen molar-refractivity contribution < 1.29 is 13.2 Å². The molecule has 5 nitrogen and oxygen atoms in total. The van der Waals surface area contributed by atoms with Crippen LogP contribution in [0.1, 0.15) is 18.5 Å². The fraction of sp³-hybridized carbons (Fsp3) is 0.417. The van der Waals surface area contributed by atoms with Gasteiger partial charge in [0.25, 0.3) is 0 Å². The van der Waals surface area contributed by atoms with Gasteiger partial charge in [-0.2, -0.15) is 0 Å². The van der Waals surface area contributed by atoms with Crippen LogP contribution in [0.15, 0.2) is 29.2 Å². The van der Waals surface area contributed by atoms with Gasteiger partial charge in [-0.1, -0.05) is 12.1 Å². The van der Waals surface area contributed by atoms with Crippen LogP contribution in [0.5, 0.6) is 0 Å². The number of benzene rings is 1. The molecule has 0 fully saturated rings. The lowest BCUT2D eigenvalue weighted by Gasteiger charge is -2.16. The molecule has 0 spiro atoms. The first-order valence-corrected chi connectivity index (χ1v) is 7.64. The highest BCUT2D eigenvalue weighted by molar-refractivity contribution is 7.89. The van der Waals surface area contributed by atoms with Crippen LogP contribution in [-0.2, 0) is 14.8 Å². The molecule has 0 aliphatic rings. The highest BCUT2D eigenvalue weighted by Gasteiger charge is 2.18. The van der Waals surface area contributed by atoms with Gasteiger partial charge in [0.2, 0.25) is 15.9 Å². The molecule has 106 valence electrons. The SMILES string of the molecule is CC(NC(=O)CCl)c1cccc(S(=O)(=O)N(C)C)c1. The smallest absolute Gasteiger partial charge is 0.242 e. The van der Waals surface area contributed by atoms with Crippen LogP contribution < -0.4 is 5.32 Å². The summed E-state index contributed by atoms with van der Waals surface area (Å²) in [5.41, 5.74) is 0.710. The molecule has 1 amide bonds. The Bertz CT molecular complexity index is 558. The number of hydrogen-bond acceptors (Lipinski definition) is 3. The van der Waals surface area contributed by atoms with Crippen molar-refractivity contribution in [2.75, 3.05) is 20.0 Å². The lowest BCUT2D eigenvalue weighted by molar-refractivity contribution is -0.119. The largest absolute Gasteiger partial charge is 0.349 e. The first-order valence-electron chi connectivity index (χ1n) is 5.67. The van der Waals surface area contributed by atoms with E-state index >= 15 is 0 Å². The second-order valence-electron chi connectivity index (χ2n) is 4.28. The number of carbonyl (C=O) groups is 1. The normalized spacial score (nSPS) is 13.3. The van der Waals surface area contributed by atoms with Gasteiger partial charge < -0.3 is 5.32 Å². The summed E-state index contributed by atoms with van der Waals surface area (Å²) in [6, 6.07) is 6.18. The summed E-state index contributed by atoms with van der Waals surface area (Å²) in [7, 11) is -0.527. The molecular weight excluding hydrogens is 288 g/mol. The van der Waals surface area contributed by atoms with E-state index in [0.717, 1.165) is 4.31 Å². The molecule has 0 aliphatic heterocycles. The highest BCUT2D eigenvalue weighted by atomic mass is 35.5. The molecule has 0 bridgehead atoms. The summed E-state index contributed by atoms with van der Waals surface area (Å²) in [6.07, 6.45) is 0. The van der Waals surface area contributed by atoms with Crippen molar-refractivity contribution in [1.29, 1.82) is 0 Å². The summed E-state index contributed by atoms with van der Waals surface area (Å²) in [5, 5.41) is 2.67. The number of alkyl halides is 1. The number of nitrogens with one attached hydrogen (secondary N) is 1. The molecule has 0 aromatic heterocycles. The van der Waals surface area contributed by atoms with Crippen molar-refractivity contribution >= 4 is 27.5 Å². The molecule has 0 heterocycles. The topological polar surface area (TPSA) is 66.5 Å². The van der Waals surface area contributed by atoms with E-state index in [-0.39, 0.29) is 22.7 Å². The molecule has 0 saturated carbocycles. The Labute approximate surface area is 118 Å². The van der Waals surface area contributed by atoms with E-state index in [9.17, 15) is 13.2 Å². The maximum absolute atomic E-state index is 12.0. The summed E-state index contributed by atoms with van der Waals surface area (Å²) >= 11 is 5.41. The van der Waals surface area contributed by atoms with Crippen molar-refractivity contribution in [1.82, 2.24) is 9.62 Å². The number of carbonyl (C=O) groups excluding carboxylic acids is 1. The van der Waals surface area contributed by atoms with Gasteiger partial charge >= 0.3 is 0 Å². The fourth-order valence-electron chi connectivity index (χ4n) is 1.52. The standard InChI is InChI=1S/C12H17ClN2O3S/c1-9(14-12(16)8-13)10-5-4-6-11(7-10)19(17,18)15(2)3/h4-7,9H,8H2,1-3H3,(H,14,16). The molecule has 7 heteroatoms. The van der Waals surface area contributed by atoms with Gasteiger partial charge in [-0.15, -0.1) is 11.6 Å². The molecule has 1 aromatic rings. The fourth-order valence-corrected chi connectivity index (χ4v) is 2.55. The van der Waals surface area contributed by atoms with Gasteiger partial charge in [0.05, 0.1) is 10.9 Å². The minimum absolute atomic E-state index is 0.125. The van der Waals surface area contributed by atoms with Crippen molar-refractivity contribution in [3.8, 4) is 0 Å². The summed E-state index contributed by atoms with van der Waals surface area (Å²) in [5.74, 6) is -0.421. The Kier molecular flexibility index (Phi) is 5.34. The lowest BCUT2D eigenvalue weighted by atomic mass is 10.1. The Morgan fingerprint density at radius 1 is 1.42 bits per heavy atom. The molecule has 1 atom stereocenters. The monoisotopic (exact) mass is 304 g/mol. The van der Waals surface area contributed by atoms with Crippen LogP contribution in [0.2, 0.25) is 0 Å². The van der Waals surface area contributed by atoms with E-state index in [1.807, 2.05) is 0 Å². The third-order valence-electron chi connectivity index (χ3n) is 2.64. The molecule has 1 N–H and O–H groups in total. The van der Waals surface area contributed by atoms with Crippen LogP contribution in [0, 0.1) is 0 Å². The lowest BCUT2D eigenvalue weighted by Crippen LogP contribution is -2.28. The van der Waals surface area contributed by atoms with Crippen LogP contribution in [0.4, 0.5) is 0 Å². The first-order chi connectivity index (χ1) is 8.78. The number of rotatable bonds is 5. The van der Waals surface area contributed by atoms with Crippen LogP contribution >= 0.6 is 11.6 Å². The van der Waals surface area contributed by atoms with E-state index in [4.69, 9.17) is 11.6 Å². The average molecular weight is 305 g/mol. The Balaban J connectivity index is 3.04. The van der Waals surface area contributed by atoms with Gasteiger partial charge in [0.15, 0.2) is 0 Å². The average Bonchev–Trinajstić information content (AvgIpc) is 2.38. The molecule has 1 rings (SSSR count). The number of halogens is 1. The van der Waals surface area contributed by atoms with E-state index in [1.54, 1.807) is 25.1 Å². The van der Waals surface area contributed by atoms with Gasteiger partial charge in [-0.3, -0.25) is 4.79 Å². The minimum atomic E-state index is -3.47. The van der Waals surface area contributed by atoms with Crippen LogP contribution in [-0.4, -0.2) is 38.6 Å². The van der Waals surface area contributed by atoms with E-state index in [1.165, 1.54) is 20.2 Å². The second kappa shape index (κ2) is 6.36. The van der Waals surface area contributed by atoms with Crippen molar-refractivity contribution in [2.24, 2.45) is 0 Å². The van der Waals surface area contributed by atoms with Gasteiger partial charge in [-0.25, -0.2) is 12.7 Å². The van der Waals surface area contributed by atoms with E-state index < -0.39 is 10.0 Å². The third-order valence-corrected chi connectivity index (χ3v) is 4.69. The number of sulfonamides is 1. The first kappa shape index (κ1) is 15.9. The Morgan fingerprint density at radius 3 is 2.58 bits per heavy atom. The van der Waals surface area contributed by atoms with Crippen molar-refractivity contribution in [3.05, 3.63) is 29.8 Å². The van der Waals surface area contributed by atoms with Crippen LogP contribution in [0.3, 0.4) is 0 Å². The number of amides is 1. The zero-order chi connectivity index (χ0) is 14.6. The molecule has 0 saturated heterocycles. The van der Waals surface area contributed by atoms with E-state index in [2.05, 4.69) is 5.32 Å². The van der Waals surface area contributed by atoms with Gasteiger partial charge in [0, 0.05) is 14.1 Å². The minimum Gasteiger partial charge on any atom is -0.349 e. The predicted octanol–water partition coefficient (Wildman–Crippen LogP) is 1.35. The van der Waals surface area contributed by atoms with Gasteiger partial charge in [0.1, 0.15) is 5.88 Å². The van der Waals surface area contributed by atoms with E-state index in [0.29, 0.717) is 5.56 Å². The summed E-state index contributed by atoms with van der Waals surface area (Å²) < 4.78 is 25.2. The molecule has 0 aliphatic carbocycles. The predicted molar refractivity (Wildman–Crippen MR) is 74.6 cm³/mol. The Hall–Kier alpha value is -1.11. The maximum Gasteiger partial charge on any atom is 0.242 e. The number of nitrogens with zero attached hydrogens (tertiary/aromatic N) is 1. The number of hydrogen-bond donors (Lipinski definition) is 1. The highest BCUT2D eigenvalue weighted by Crippen LogP contribution is 2.19. The molecular formula is C12H17ClN2O3S. The zero-order valence-electron chi connectivity index (χ0n) is 11.1. The molecule has 19 heavy (non-hydrogen) atoms. The second-order valence-corrected chi connectivity index (χ2v) is 6.70. The van der Waals surface area contributed by atoms with Crippen molar-refractivity contribution in [3.63, 3.8) is 0 Å². The van der Waals surface area contributed by atoms with Gasteiger partial charge in [-0.05, 0) is 24.6 Å². The zero-order valence-corrected chi connectivity index (χ0v) is 12.6. The summed E-state index contributed by atoms with van der Waals surface area (Å²) in [4.78, 5) is 11.4. The molecule has 0 radical (unpaired) electrons. The maximum atomic E-state index is 12.0. The molecule has 1 aromatic carbocycles. The molecule has 1 unspecified atom stereocenters. The quantitative estimate of drug-likeness (QED) is 0.835. The summed E-state index contributed by atoms with van der Waals surface area (Å²) in [6.45, 7) is 1.77. The van der Waals surface area contributed by atoms with Crippen molar-refractivity contribution in [2.45, 2.75) is 17.9 Å². The third kappa shape index (κ3) is 3.92. The Morgan fingerprint density at radius 2 is 2.05 bits per heavy atom. The van der Waals surface area contributed by atoms with Crippen LogP contribution in [0.25, 0.3) is 0 Å².